The fraction of sp³-hybridized carbons (Fsp3) is 0.680. The summed E-state index contributed by atoms with van der Waals surface area (Å²) in [5, 5.41) is 10.7. The molecule has 1 aromatic carbocycles. The first-order valence-corrected chi connectivity index (χ1v) is 10.8. The molecular weight excluding hydrogens is 316 g/mol. The smallest absolute Gasteiger partial charge is 0.0596 e. The van der Waals surface area contributed by atoms with Crippen LogP contribution in [0.25, 0.3) is 0 Å². The van der Waals surface area contributed by atoms with Crippen molar-refractivity contribution in [1.82, 2.24) is 0 Å². The Labute approximate surface area is 159 Å². The first-order valence-electron chi connectivity index (χ1n) is 10.8. The summed E-state index contributed by atoms with van der Waals surface area (Å²) in [6.45, 7) is 11.1. The van der Waals surface area contributed by atoms with E-state index in [1.165, 1.54) is 38.5 Å². The van der Waals surface area contributed by atoms with Crippen molar-refractivity contribution in [2.45, 2.75) is 77.7 Å². The van der Waals surface area contributed by atoms with E-state index >= 15 is 0 Å². The number of hydrogen-bond acceptors (Lipinski definition) is 1. The van der Waals surface area contributed by atoms with Gasteiger partial charge in [-0.25, -0.2) is 0 Å². The van der Waals surface area contributed by atoms with Gasteiger partial charge in [-0.15, -0.1) is 6.58 Å². The molecule has 3 aliphatic carbocycles. The summed E-state index contributed by atoms with van der Waals surface area (Å²) in [6, 6.07) is 9.21. The fourth-order valence-corrected chi connectivity index (χ4v) is 6.64. The van der Waals surface area contributed by atoms with E-state index in [9.17, 15) is 5.11 Å². The van der Waals surface area contributed by atoms with Gasteiger partial charge in [0.1, 0.15) is 0 Å². The number of hydrogen-bond donors (Lipinski definition) is 1. The van der Waals surface area contributed by atoms with Crippen LogP contribution in [-0.4, -0.2) is 11.2 Å². The average molecular weight is 353 g/mol. The van der Waals surface area contributed by atoms with Crippen LogP contribution in [0, 0.1) is 28.6 Å². The molecule has 0 saturated heterocycles. The Morgan fingerprint density at radius 2 is 2.00 bits per heavy atom. The molecule has 0 amide bonds. The third kappa shape index (κ3) is 2.87. The molecule has 0 spiro atoms. The third-order valence-electron chi connectivity index (χ3n) is 8.48. The monoisotopic (exact) mass is 352 g/mol. The van der Waals surface area contributed by atoms with Gasteiger partial charge in [0, 0.05) is 0 Å². The lowest BCUT2D eigenvalue weighted by atomic mass is 9.52. The van der Waals surface area contributed by atoms with Gasteiger partial charge in [0.15, 0.2) is 0 Å². The van der Waals surface area contributed by atoms with E-state index < -0.39 is 0 Å². The normalized spacial score (nSPS) is 39.0. The molecule has 26 heavy (non-hydrogen) atoms. The van der Waals surface area contributed by atoms with Gasteiger partial charge in [0.2, 0.25) is 0 Å². The summed E-state index contributed by atoms with van der Waals surface area (Å²) in [5.74, 6) is 2.91. The summed E-state index contributed by atoms with van der Waals surface area (Å²) < 4.78 is 0. The van der Waals surface area contributed by atoms with E-state index in [2.05, 4.69) is 57.7 Å². The van der Waals surface area contributed by atoms with Gasteiger partial charge < -0.3 is 5.11 Å². The van der Waals surface area contributed by atoms with Gasteiger partial charge in [-0.1, -0.05) is 51.1 Å². The van der Waals surface area contributed by atoms with Crippen molar-refractivity contribution < 1.29 is 5.11 Å². The second-order valence-electron chi connectivity index (χ2n) is 10.3. The van der Waals surface area contributed by atoms with Crippen LogP contribution < -0.4 is 0 Å². The Balaban J connectivity index is 1.68. The highest BCUT2D eigenvalue weighted by Crippen LogP contribution is 2.62. The number of aliphatic hydroxyl groups is 1. The molecule has 2 fully saturated rings. The van der Waals surface area contributed by atoms with E-state index in [1.807, 2.05) is 0 Å². The molecule has 3 aliphatic rings. The lowest BCUT2D eigenvalue weighted by Gasteiger charge is -2.53. The summed E-state index contributed by atoms with van der Waals surface area (Å²) >= 11 is 0. The molecule has 0 radical (unpaired) electrons. The van der Waals surface area contributed by atoms with Crippen LogP contribution in [0.3, 0.4) is 0 Å². The molecule has 1 heteroatoms. The fourth-order valence-electron chi connectivity index (χ4n) is 6.64. The summed E-state index contributed by atoms with van der Waals surface area (Å²) in [7, 11) is 0. The number of aliphatic hydroxyl groups excluding tert-OH is 1. The van der Waals surface area contributed by atoms with Crippen LogP contribution in [0.4, 0.5) is 0 Å². The molecule has 142 valence electrons. The molecule has 2 saturated carbocycles. The van der Waals surface area contributed by atoms with Crippen LogP contribution in [0.15, 0.2) is 36.9 Å². The van der Waals surface area contributed by atoms with Gasteiger partial charge in [0.05, 0.1) is 6.10 Å². The third-order valence-corrected chi connectivity index (χ3v) is 8.48. The summed E-state index contributed by atoms with van der Waals surface area (Å²) in [6.07, 6.45) is 10.5. The zero-order valence-electron chi connectivity index (χ0n) is 16.9. The lowest BCUT2D eigenvalue weighted by Crippen LogP contribution is -2.47. The predicted molar refractivity (Wildman–Crippen MR) is 109 cm³/mol. The molecule has 0 aromatic heterocycles. The van der Waals surface area contributed by atoms with E-state index in [0.717, 1.165) is 18.3 Å². The Morgan fingerprint density at radius 1 is 1.23 bits per heavy atom. The highest BCUT2D eigenvalue weighted by atomic mass is 16.3. The van der Waals surface area contributed by atoms with Crippen LogP contribution in [0.1, 0.15) is 76.3 Å². The van der Waals surface area contributed by atoms with Gasteiger partial charge in [-0.2, -0.15) is 0 Å². The van der Waals surface area contributed by atoms with E-state index in [1.54, 1.807) is 11.1 Å². The van der Waals surface area contributed by atoms with Crippen molar-refractivity contribution in [3.05, 3.63) is 48.0 Å². The quantitative estimate of drug-likeness (QED) is 0.647. The first kappa shape index (κ1) is 18.3. The molecule has 4 rings (SSSR count). The molecule has 0 bridgehead atoms. The first-order chi connectivity index (χ1) is 12.4. The minimum atomic E-state index is -0.0871. The Kier molecular flexibility index (Phi) is 4.58. The Hall–Kier alpha value is -1.08. The maximum Gasteiger partial charge on any atom is 0.0596 e. The van der Waals surface area contributed by atoms with Gasteiger partial charge in [-0.3, -0.25) is 0 Å². The highest BCUT2D eigenvalue weighted by Gasteiger charge is 2.56. The van der Waals surface area contributed by atoms with Gasteiger partial charge in [0.25, 0.3) is 0 Å². The Bertz CT molecular complexity index is 674. The molecule has 1 aromatic rings. The van der Waals surface area contributed by atoms with Crippen molar-refractivity contribution in [3.8, 4) is 0 Å². The maximum atomic E-state index is 10.7. The maximum absolute atomic E-state index is 10.7. The average Bonchev–Trinajstić information content (AvgIpc) is 2.94. The summed E-state index contributed by atoms with van der Waals surface area (Å²) in [4.78, 5) is 0. The van der Waals surface area contributed by atoms with Crippen LogP contribution in [0.5, 0.6) is 0 Å². The van der Waals surface area contributed by atoms with Crippen molar-refractivity contribution in [2.24, 2.45) is 28.6 Å². The largest absolute Gasteiger partial charge is 0.393 e. The lowest BCUT2D eigenvalue weighted by molar-refractivity contribution is -0.0403. The summed E-state index contributed by atoms with van der Waals surface area (Å²) in [5.41, 5.74) is 3.59. The molecule has 1 nitrogen and oxygen atoms in total. The van der Waals surface area contributed by atoms with Crippen molar-refractivity contribution in [2.75, 3.05) is 0 Å². The van der Waals surface area contributed by atoms with Crippen molar-refractivity contribution >= 4 is 0 Å². The topological polar surface area (TPSA) is 20.2 Å². The SMILES string of the molecule is C=CC(C)(C)CCC1Cc2ccccc2C2CCC3(C)C(O)CCC3C12. The number of rotatable bonds is 4. The minimum absolute atomic E-state index is 0.0871. The minimum Gasteiger partial charge on any atom is -0.393 e. The second-order valence-corrected chi connectivity index (χ2v) is 10.3. The zero-order chi connectivity index (χ0) is 18.5. The van der Waals surface area contributed by atoms with Crippen LogP contribution in [0.2, 0.25) is 0 Å². The van der Waals surface area contributed by atoms with E-state index in [4.69, 9.17) is 0 Å². The Morgan fingerprint density at radius 3 is 2.77 bits per heavy atom. The van der Waals surface area contributed by atoms with E-state index in [0.29, 0.717) is 11.8 Å². The number of allylic oxidation sites excluding steroid dienone is 1. The molecule has 6 atom stereocenters. The number of fused-ring (bicyclic) bond motifs is 5. The van der Waals surface area contributed by atoms with Crippen molar-refractivity contribution in [1.29, 1.82) is 0 Å². The standard InChI is InChI=1S/C25H36O/c1-5-24(2,3)14-12-18-16-17-8-6-7-9-19(17)20-13-15-25(4)21(23(18)20)10-11-22(25)26/h5-9,18,20-23,26H,1,10-16H2,2-4H3. The zero-order valence-corrected chi connectivity index (χ0v) is 16.9. The molecule has 0 aliphatic heterocycles. The van der Waals surface area contributed by atoms with Gasteiger partial charge >= 0.3 is 0 Å². The molecule has 0 heterocycles. The number of benzene rings is 1. The molecular formula is C25H36O. The highest BCUT2D eigenvalue weighted by molar-refractivity contribution is 5.35. The second kappa shape index (κ2) is 6.51. The molecule has 6 unspecified atom stereocenters. The van der Waals surface area contributed by atoms with Gasteiger partial charge in [-0.05, 0) is 90.6 Å². The van der Waals surface area contributed by atoms with E-state index in [-0.39, 0.29) is 16.9 Å². The molecule has 1 N–H and O–H groups in total. The van der Waals surface area contributed by atoms with Crippen molar-refractivity contribution in [3.63, 3.8) is 0 Å². The predicted octanol–water partition coefficient (Wildman–Crippen LogP) is 6.12. The van der Waals surface area contributed by atoms with Crippen LogP contribution >= 0.6 is 0 Å². The van der Waals surface area contributed by atoms with Crippen LogP contribution in [-0.2, 0) is 6.42 Å².